The summed E-state index contributed by atoms with van der Waals surface area (Å²) in [4.78, 5) is 10.5. The molecule has 0 aliphatic heterocycles. The van der Waals surface area contributed by atoms with E-state index in [1.54, 1.807) is 11.3 Å². The van der Waals surface area contributed by atoms with Gasteiger partial charge in [-0.1, -0.05) is 18.2 Å². The van der Waals surface area contributed by atoms with E-state index >= 15 is 0 Å². The Kier molecular flexibility index (Phi) is 3.45. The molecule has 0 saturated heterocycles. The first-order chi connectivity index (χ1) is 12.4. The van der Waals surface area contributed by atoms with Crippen molar-refractivity contribution in [1.82, 2.24) is 24.7 Å². The van der Waals surface area contributed by atoms with E-state index in [0.29, 0.717) is 12.6 Å². The molecule has 4 aromatic rings. The Balaban J connectivity index is 1.51. The number of nitrogens with one attached hydrogen (secondary N) is 1. The van der Waals surface area contributed by atoms with Crippen molar-refractivity contribution in [1.29, 1.82) is 0 Å². The first-order valence-corrected chi connectivity index (χ1v) is 9.19. The molecule has 1 saturated carbocycles. The number of thiophene rings is 1. The molecule has 3 aromatic heterocycles. The van der Waals surface area contributed by atoms with Crippen molar-refractivity contribution in [3.05, 3.63) is 53.9 Å². The van der Waals surface area contributed by atoms with Crippen LogP contribution >= 0.6 is 11.3 Å². The predicted molar refractivity (Wildman–Crippen MR) is 98.5 cm³/mol. The Labute approximate surface area is 148 Å². The van der Waals surface area contributed by atoms with Gasteiger partial charge >= 0.3 is 0 Å². The van der Waals surface area contributed by atoms with Crippen molar-refractivity contribution < 1.29 is 0 Å². The Morgan fingerprint density at radius 1 is 1.12 bits per heavy atom. The lowest BCUT2D eigenvalue weighted by atomic mass is 10.2. The van der Waals surface area contributed by atoms with Crippen LogP contribution in [0.15, 0.2) is 48.1 Å². The smallest absolute Gasteiger partial charge is 0.172 e. The minimum atomic E-state index is 0.565. The van der Waals surface area contributed by atoms with Gasteiger partial charge in [0.15, 0.2) is 11.6 Å². The quantitative estimate of drug-likeness (QED) is 0.592. The molecule has 3 heterocycles. The van der Waals surface area contributed by atoms with Gasteiger partial charge in [0, 0.05) is 11.4 Å². The normalized spacial score (nSPS) is 14.1. The van der Waals surface area contributed by atoms with E-state index in [1.807, 2.05) is 48.1 Å². The number of hydrogen-bond donors (Lipinski definition) is 1. The molecule has 1 N–H and O–H groups in total. The van der Waals surface area contributed by atoms with Crippen molar-refractivity contribution in [2.75, 3.05) is 5.32 Å². The molecule has 7 heteroatoms. The number of aromatic nitrogens is 5. The first-order valence-electron chi connectivity index (χ1n) is 8.31. The average molecular weight is 348 g/mol. The largest absolute Gasteiger partial charge is 0.362 e. The first kappa shape index (κ1) is 14.5. The highest BCUT2D eigenvalue weighted by Gasteiger charge is 2.26. The summed E-state index contributed by atoms with van der Waals surface area (Å²) in [6, 6.07) is 12.7. The summed E-state index contributed by atoms with van der Waals surface area (Å²) in [7, 11) is 0. The number of para-hydroxylation sites is 1. The van der Waals surface area contributed by atoms with Crippen LogP contribution in [0, 0.1) is 0 Å². The number of anilines is 1. The summed E-state index contributed by atoms with van der Waals surface area (Å²) in [5.74, 6) is 2.53. The zero-order valence-corrected chi connectivity index (χ0v) is 14.3. The van der Waals surface area contributed by atoms with Gasteiger partial charge in [-0.25, -0.2) is 9.97 Å². The fraction of sp³-hybridized carbons (Fsp3) is 0.222. The van der Waals surface area contributed by atoms with Crippen LogP contribution < -0.4 is 5.32 Å². The highest BCUT2D eigenvalue weighted by atomic mass is 32.1. The zero-order chi connectivity index (χ0) is 16.6. The van der Waals surface area contributed by atoms with Crippen molar-refractivity contribution in [2.24, 2.45) is 0 Å². The fourth-order valence-electron chi connectivity index (χ4n) is 2.94. The van der Waals surface area contributed by atoms with Crippen LogP contribution in [0.5, 0.6) is 0 Å². The lowest BCUT2D eigenvalue weighted by Crippen LogP contribution is -2.09. The maximum atomic E-state index is 4.76. The van der Waals surface area contributed by atoms with E-state index in [4.69, 9.17) is 9.97 Å². The monoisotopic (exact) mass is 348 g/mol. The second-order valence-corrected chi connectivity index (χ2v) is 7.08. The molecule has 1 aliphatic carbocycles. The van der Waals surface area contributed by atoms with Crippen molar-refractivity contribution in [3.63, 3.8) is 0 Å². The molecular formula is C18H16N6S. The molecule has 0 unspecified atom stereocenters. The Morgan fingerprint density at radius 2 is 2.04 bits per heavy atom. The van der Waals surface area contributed by atoms with E-state index in [9.17, 15) is 0 Å². The third kappa shape index (κ3) is 2.76. The van der Waals surface area contributed by atoms with Crippen LogP contribution in [0.3, 0.4) is 0 Å². The third-order valence-electron chi connectivity index (χ3n) is 4.35. The van der Waals surface area contributed by atoms with Gasteiger partial charge in [-0.3, -0.25) is 0 Å². The molecule has 0 radical (unpaired) electrons. The molecule has 5 rings (SSSR count). The zero-order valence-electron chi connectivity index (χ0n) is 13.5. The summed E-state index contributed by atoms with van der Waals surface area (Å²) in [5.41, 5.74) is 0.937. The molecule has 1 aromatic carbocycles. The molecule has 25 heavy (non-hydrogen) atoms. The second kappa shape index (κ2) is 5.93. The molecule has 0 spiro atoms. The fourth-order valence-corrected chi connectivity index (χ4v) is 3.60. The van der Waals surface area contributed by atoms with Gasteiger partial charge in [0.25, 0.3) is 0 Å². The van der Waals surface area contributed by atoms with Crippen molar-refractivity contribution in [3.8, 4) is 10.7 Å². The standard InChI is InChI=1S/C18H16N6S/c1-2-5-14-13(4-1)17(22-18(21-14)15-6-3-9-25-15)19-10-16-23-20-11-24(16)12-7-8-12/h1-6,9,11-12H,7-8,10H2,(H,19,21,22). The van der Waals surface area contributed by atoms with Gasteiger partial charge in [-0.05, 0) is 36.4 Å². The molecular weight excluding hydrogens is 332 g/mol. The van der Waals surface area contributed by atoms with Gasteiger partial charge in [0.05, 0.1) is 16.9 Å². The number of nitrogens with zero attached hydrogens (tertiary/aromatic N) is 5. The Bertz CT molecular complexity index is 1020. The SMILES string of the molecule is c1csc(-c2nc(NCc3nncn3C3CC3)c3ccccc3n2)c1. The topological polar surface area (TPSA) is 68.5 Å². The average Bonchev–Trinajstić information content (AvgIpc) is 3.15. The van der Waals surface area contributed by atoms with Crippen molar-refractivity contribution in [2.45, 2.75) is 25.4 Å². The number of benzene rings is 1. The molecule has 0 bridgehead atoms. The summed E-state index contributed by atoms with van der Waals surface area (Å²) >= 11 is 1.64. The van der Waals surface area contributed by atoms with E-state index in [1.165, 1.54) is 12.8 Å². The van der Waals surface area contributed by atoms with Crippen molar-refractivity contribution >= 4 is 28.1 Å². The van der Waals surface area contributed by atoms with Gasteiger partial charge in [-0.2, -0.15) is 0 Å². The van der Waals surface area contributed by atoms with Crippen LogP contribution in [-0.2, 0) is 6.54 Å². The van der Waals surface area contributed by atoms with E-state index in [0.717, 1.165) is 33.2 Å². The summed E-state index contributed by atoms with van der Waals surface area (Å²) in [6.07, 6.45) is 4.25. The molecule has 124 valence electrons. The summed E-state index contributed by atoms with van der Waals surface area (Å²) in [5, 5.41) is 14.8. The Morgan fingerprint density at radius 3 is 2.88 bits per heavy atom. The van der Waals surface area contributed by atoms with Crippen LogP contribution in [0.2, 0.25) is 0 Å². The van der Waals surface area contributed by atoms with E-state index in [2.05, 4.69) is 20.1 Å². The lowest BCUT2D eigenvalue weighted by Gasteiger charge is -2.11. The number of fused-ring (bicyclic) bond motifs is 1. The maximum Gasteiger partial charge on any atom is 0.172 e. The second-order valence-electron chi connectivity index (χ2n) is 6.13. The van der Waals surface area contributed by atoms with Crippen LogP contribution in [0.25, 0.3) is 21.6 Å². The minimum Gasteiger partial charge on any atom is -0.362 e. The minimum absolute atomic E-state index is 0.565. The molecule has 1 fully saturated rings. The summed E-state index contributed by atoms with van der Waals surface area (Å²) in [6.45, 7) is 0.599. The van der Waals surface area contributed by atoms with Crippen LogP contribution in [0.1, 0.15) is 24.7 Å². The Hall–Kier alpha value is -2.80. The van der Waals surface area contributed by atoms with Crippen LogP contribution in [0.4, 0.5) is 5.82 Å². The number of hydrogen-bond acceptors (Lipinski definition) is 6. The molecule has 0 atom stereocenters. The predicted octanol–water partition coefficient (Wildman–Crippen LogP) is 3.90. The molecule has 6 nitrogen and oxygen atoms in total. The van der Waals surface area contributed by atoms with Gasteiger partial charge in [0.1, 0.15) is 12.1 Å². The summed E-state index contributed by atoms with van der Waals surface area (Å²) < 4.78 is 2.16. The highest BCUT2D eigenvalue weighted by Crippen LogP contribution is 2.35. The number of rotatable bonds is 5. The maximum absolute atomic E-state index is 4.76. The van der Waals surface area contributed by atoms with E-state index in [-0.39, 0.29) is 0 Å². The third-order valence-corrected chi connectivity index (χ3v) is 5.21. The molecule has 0 amide bonds. The van der Waals surface area contributed by atoms with Gasteiger partial charge in [0.2, 0.25) is 0 Å². The van der Waals surface area contributed by atoms with Crippen LogP contribution in [-0.4, -0.2) is 24.7 Å². The van der Waals surface area contributed by atoms with E-state index < -0.39 is 0 Å². The molecule has 1 aliphatic rings. The van der Waals surface area contributed by atoms with Gasteiger partial charge < -0.3 is 9.88 Å². The lowest BCUT2D eigenvalue weighted by molar-refractivity contribution is 0.690. The highest BCUT2D eigenvalue weighted by molar-refractivity contribution is 7.13. The van der Waals surface area contributed by atoms with Gasteiger partial charge in [-0.15, -0.1) is 21.5 Å².